The topological polar surface area (TPSA) is 49.4 Å². The molecule has 1 fully saturated rings. The van der Waals surface area contributed by atoms with Gasteiger partial charge in [0.2, 0.25) is 11.8 Å². The van der Waals surface area contributed by atoms with Crippen molar-refractivity contribution in [2.45, 2.75) is 31.6 Å². The Morgan fingerprint density at radius 2 is 1.68 bits per heavy atom. The number of nitrogens with one attached hydrogen (secondary N) is 1. The van der Waals surface area contributed by atoms with E-state index in [1.165, 1.54) is 5.56 Å². The zero-order valence-electron chi connectivity index (χ0n) is 17.7. The van der Waals surface area contributed by atoms with Crippen molar-refractivity contribution in [3.8, 4) is 0 Å². The summed E-state index contributed by atoms with van der Waals surface area (Å²) < 4.78 is 0. The largest absolute Gasteiger partial charge is 0.326 e. The highest BCUT2D eigenvalue weighted by atomic mass is 32.2. The maximum atomic E-state index is 12.6. The van der Waals surface area contributed by atoms with Crippen molar-refractivity contribution in [3.05, 3.63) is 95.6 Å². The molecule has 0 radical (unpaired) electrons. The summed E-state index contributed by atoms with van der Waals surface area (Å²) in [7, 11) is 0. The van der Waals surface area contributed by atoms with E-state index in [0.29, 0.717) is 18.1 Å². The third kappa shape index (κ3) is 5.00. The molecule has 1 heterocycles. The number of hydrogen-bond donors (Lipinski definition) is 1. The van der Waals surface area contributed by atoms with E-state index in [4.69, 9.17) is 0 Å². The van der Waals surface area contributed by atoms with Crippen molar-refractivity contribution in [2.24, 2.45) is 0 Å². The van der Waals surface area contributed by atoms with Crippen molar-refractivity contribution in [3.63, 3.8) is 0 Å². The maximum Gasteiger partial charge on any atom is 0.238 e. The van der Waals surface area contributed by atoms with E-state index < -0.39 is 0 Å². The SMILES string of the molecule is CC(C)c1ccc(N2C(=O)CSC2c2ccc(NC(=O)Cc3ccccc3)cc2)cc1. The van der Waals surface area contributed by atoms with E-state index in [-0.39, 0.29) is 17.2 Å². The Morgan fingerprint density at radius 3 is 2.32 bits per heavy atom. The minimum Gasteiger partial charge on any atom is -0.326 e. The lowest BCUT2D eigenvalue weighted by Crippen LogP contribution is -2.27. The summed E-state index contributed by atoms with van der Waals surface area (Å²) in [4.78, 5) is 26.8. The molecule has 0 saturated carbocycles. The van der Waals surface area contributed by atoms with Gasteiger partial charge in [0.05, 0.1) is 12.2 Å². The van der Waals surface area contributed by atoms with Gasteiger partial charge in [-0.25, -0.2) is 0 Å². The molecule has 4 rings (SSSR count). The van der Waals surface area contributed by atoms with Crippen LogP contribution >= 0.6 is 11.8 Å². The molecule has 31 heavy (non-hydrogen) atoms. The fourth-order valence-corrected chi connectivity index (χ4v) is 4.86. The highest BCUT2D eigenvalue weighted by molar-refractivity contribution is 8.00. The molecule has 3 aromatic carbocycles. The molecule has 4 nitrogen and oxygen atoms in total. The molecule has 1 unspecified atom stereocenters. The van der Waals surface area contributed by atoms with Crippen LogP contribution in [-0.4, -0.2) is 17.6 Å². The van der Waals surface area contributed by atoms with Gasteiger partial charge in [0.1, 0.15) is 5.37 Å². The molecule has 0 bridgehead atoms. The van der Waals surface area contributed by atoms with Gasteiger partial charge in [-0.2, -0.15) is 0 Å². The Bertz CT molecular complexity index is 1050. The molecule has 2 amide bonds. The van der Waals surface area contributed by atoms with Crippen molar-refractivity contribution >= 4 is 35.0 Å². The quantitative estimate of drug-likeness (QED) is 0.540. The van der Waals surface area contributed by atoms with E-state index in [2.05, 4.69) is 31.3 Å². The zero-order chi connectivity index (χ0) is 21.8. The lowest BCUT2D eigenvalue weighted by Gasteiger charge is -2.25. The zero-order valence-corrected chi connectivity index (χ0v) is 18.6. The van der Waals surface area contributed by atoms with Crippen LogP contribution in [0.5, 0.6) is 0 Å². The Morgan fingerprint density at radius 1 is 1.00 bits per heavy atom. The first-order valence-corrected chi connectivity index (χ1v) is 11.5. The van der Waals surface area contributed by atoms with Gasteiger partial charge in [-0.15, -0.1) is 11.8 Å². The van der Waals surface area contributed by atoms with Gasteiger partial charge < -0.3 is 5.32 Å². The van der Waals surface area contributed by atoms with Crippen LogP contribution in [0.15, 0.2) is 78.9 Å². The van der Waals surface area contributed by atoms with Gasteiger partial charge in [-0.3, -0.25) is 14.5 Å². The van der Waals surface area contributed by atoms with Crippen LogP contribution in [0.1, 0.15) is 41.8 Å². The predicted octanol–water partition coefficient (Wildman–Crippen LogP) is 5.77. The predicted molar refractivity (Wildman–Crippen MR) is 128 cm³/mol. The number of rotatable bonds is 6. The van der Waals surface area contributed by atoms with E-state index in [0.717, 1.165) is 22.5 Å². The summed E-state index contributed by atoms with van der Waals surface area (Å²) in [6.07, 6.45) is 0.343. The number of carbonyl (C=O) groups is 2. The Labute approximate surface area is 187 Å². The Kier molecular flexibility index (Phi) is 6.42. The number of hydrogen-bond acceptors (Lipinski definition) is 3. The van der Waals surface area contributed by atoms with Crippen LogP contribution in [0.3, 0.4) is 0 Å². The smallest absolute Gasteiger partial charge is 0.238 e. The summed E-state index contributed by atoms with van der Waals surface area (Å²) in [5.74, 6) is 0.994. The molecule has 158 valence electrons. The van der Waals surface area contributed by atoms with Crippen LogP contribution in [-0.2, 0) is 16.0 Å². The molecule has 1 aliphatic heterocycles. The van der Waals surface area contributed by atoms with Gasteiger partial charge in [-0.05, 0) is 46.9 Å². The first kappa shape index (κ1) is 21.2. The van der Waals surface area contributed by atoms with Gasteiger partial charge in [0.25, 0.3) is 0 Å². The number of amides is 2. The average molecular weight is 431 g/mol. The van der Waals surface area contributed by atoms with E-state index in [9.17, 15) is 9.59 Å². The van der Waals surface area contributed by atoms with Crippen LogP contribution in [0.4, 0.5) is 11.4 Å². The van der Waals surface area contributed by atoms with Gasteiger partial charge in [0, 0.05) is 11.4 Å². The summed E-state index contributed by atoms with van der Waals surface area (Å²) >= 11 is 1.63. The van der Waals surface area contributed by atoms with Crippen LogP contribution in [0.2, 0.25) is 0 Å². The fourth-order valence-electron chi connectivity index (χ4n) is 3.69. The monoisotopic (exact) mass is 430 g/mol. The normalized spacial score (nSPS) is 16.0. The van der Waals surface area contributed by atoms with Gasteiger partial charge in [0.15, 0.2) is 0 Å². The van der Waals surface area contributed by atoms with Gasteiger partial charge in [-0.1, -0.05) is 68.4 Å². The fraction of sp³-hybridized carbons (Fsp3) is 0.231. The first-order valence-electron chi connectivity index (χ1n) is 10.5. The van der Waals surface area contributed by atoms with Crippen molar-refractivity contribution < 1.29 is 9.59 Å². The molecule has 3 aromatic rings. The Hall–Kier alpha value is -3.05. The second-order valence-corrected chi connectivity index (χ2v) is 9.07. The summed E-state index contributed by atoms with van der Waals surface area (Å²) in [6, 6.07) is 25.7. The lowest BCUT2D eigenvalue weighted by atomic mass is 10.0. The second-order valence-electron chi connectivity index (χ2n) is 8.01. The molecular formula is C26H26N2O2S. The average Bonchev–Trinajstić information content (AvgIpc) is 3.16. The summed E-state index contributed by atoms with van der Waals surface area (Å²) in [6.45, 7) is 4.32. The van der Waals surface area contributed by atoms with Crippen molar-refractivity contribution in [1.29, 1.82) is 0 Å². The molecule has 1 atom stereocenters. The number of carbonyl (C=O) groups excluding carboxylic acids is 2. The van der Waals surface area contributed by atoms with E-state index in [1.807, 2.05) is 71.6 Å². The minimum atomic E-state index is -0.0635. The molecule has 5 heteroatoms. The molecule has 0 spiro atoms. The van der Waals surface area contributed by atoms with Crippen LogP contribution in [0.25, 0.3) is 0 Å². The summed E-state index contributed by atoms with van der Waals surface area (Å²) in [5, 5.41) is 2.89. The number of nitrogens with zero attached hydrogens (tertiary/aromatic N) is 1. The minimum absolute atomic E-state index is 0.0452. The third-order valence-corrected chi connectivity index (χ3v) is 6.61. The van der Waals surface area contributed by atoms with E-state index >= 15 is 0 Å². The molecule has 1 aliphatic rings. The molecule has 1 N–H and O–H groups in total. The highest BCUT2D eigenvalue weighted by Crippen LogP contribution is 2.42. The lowest BCUT2D eigenvalue weighted by molar-refractivity contribution is -0.116. The molecular weight excluding hydrogens is 404 g/mol. The molecule has 0 aromatic heterocycles. The van der Waals surface area contributed by atoms with E-state index in [1.54, 1.807) is 11.8 Å². The molecule has 1 saturated heterocycles. The second kappa shape index (κ2) is 9.40. The third-order valence-electron chi connectivity index (χ3n) is 5.39. The van der Waals surface area contributed by atoms with Crippen molar-refractivity contribution in [1.82, 2.24) is 0 Å². The highest BCUT2D eigenvalue weighted by Gasteiger charge is 2.34. The first-order chi connectivity index (χ1) is 15.0. The van der Waals surface area contributed by atoms with Crippen LogP contribution in [0, 0.1) is 0 Å². The van der Waals surface area contributed by atoms with Crippen LogP contribution < -0.4 is 10.2 Å². The number of anilines is 2. The number of benzene rings is 3. The van der Waals surface area contributed by atoms with Crippen molar-refractivity contribution in [2.75, 3.05) is 16.0 Å². The number of thioether (sulfide) groups is 1. The Balaban J connectivity index is 1.46. The summed E-state index contributed by atoms with van der Waals surface area (Å²) in [5.41, 5.74) is 4.97. The maximum absolute atomic E-state index is 12.6. The standard InChI is InChI=1S/C26H26N2O2S/c1-18(2)20-10-14-23(15-11-20)28-25(30)17-31-26(28)21-8-12-22(13-9-21)27-24(29)16-19-6-4-3-5-7-19/h3-15,18,26H,16-17H2,1-2H3,(H,27,29). The van der Waals surface area contributed by atoms with Gasteiger partial charge >= 0.3 is 0 Å². The molecule has 0 aliphatic carbocycles.